The van der Waals surface area contributed by atoms with Gasteiger partial charge in [-0.1, -0.05) is 54.3 Å². The molecule has 0 saturated carbocycles. The van der Waals surface area contributed by atoms with E-state index >= 15 is 0 Å². The first kappa shape index (κ1) is 21.6. The van der Waals surface area contributed by atoms with Gasteiger partial charge in [0.25, 0.3) is 5.91 Å². The van der Waals surface area contributed by atoms with Crippen molar-refractivity contribution in [3.8, 4) is 0 Å². The largest absolute Gasteiger partial charge is 0.480 e. The minimum Gasteiger partial charge on any atom is -0.480 e. The predicted octanol–water partition coefficient (Wildman–Crippen LogP) is 1.11. The number of aliphatic carboxylic acids is 1. The van der Waals surface area contributed by atoms with Gasteiger partial charge in [-0.2, -0.15) is 0 Å². The number of carboxylic acids is 1. The van der Waals surface area contributed by atoms with Gasteiger partial charge in [-0.15, -0.1) is 0 Å². The summed E-state index contributed by atoms with van der Waals surface area (Å²) in [6.07, 6.45) is 1.35. The molecule has 0 radical (unpaired) electrons. The third-order valence-corrected chi connectivity index (χ3v) is 5.22. The summed E-state index contributed by atoms with van der Waals surface area (Å²) in [5.74, 6) is -2.76. The van der Waals surface area contributed by atoms with Gasteiger partial charge in [0, 0.05) is 19.4 Å². The fourth-order valence-corrected chi connectivity index (χ4v) is 3.73. The fraction of sp³-hybridized carbons (Fsp3) is 0.278. The molecule has 1 heterocycles. The van der Waals surface area contributed by atoms with E-state index in [1.807, 2.05) is 30.3 Å². The van der Waals surface area contributed by atoms with Crippen LogP contribution < -0.4 is 11.1 Å². The van der Waals surface area contributed by atoms with Crippen LogP contribution in [0.25, 0.3) is 6.08 Å². The second-order valence-corrected chi connectivity index (χ2v) is 7.63. The van der Waals surface area contributed by atoms with Crippen molar-refractivity contribution in [3.63, 3.8) is 0 Å². The Morgan fingerprint density at radius 1 is 1.25 bits per heavy atom. The number of hydrogen-bond acceptors (Lipinski definition) is 6. The molecule has 1 unspecified atom stereocenters. The summed E-state index contributed by atoms with van der Waals surface area (Å²) in [4.78, 5) is 48.3. The minimum absolute atomic E-state index is 0.0325. The lowest BCUT2D eigenvalue weighted by Gasteiger charge is -2.16. The number of thioether (sulfide) groups is 1. The van der Waals surface area contributed by atoms with Gasteiger partial charge in [0.2, 0.25) is 11.8 Å². The second-order valence-electron chi connectivity index (χ2n) is 5.96. The van der Waals surface area contributed by atoms with Crippen molar-refractivity contribution in [2.75, 3.05) is 6.54 Å². The Labute approximate surface area is 171 Å². The van der Waals surface area contributed by atoms with E-state index in [-0.39, 0.29) is 31.7 Å². The van der Waals surface area contributed by atoms with Crippen molar-refractivity contribution >= 4 is 58.1 Å². The summed E-state index contributed by atoms with van der Waals surface area (Å²) >= 11 is 6.36. The van der Waals surface area contributed by atoms with Crippen LogP contribution in [0.2, 0.25) is 0 Å². The number of carbonyl (C=O) groups excluding carboxylic acids is 3. The van der Waals surface area contributed by atoms with Gasteiger partial charge in [0.05, 0.1) is 4.91 Å². The van der Waals surface area contributed by atoms with Crippen LogP contribution in [0.5, 0.6) is 0 Å². The third-order valence-electron chi connectivity index (χ3n) is 3.85. The Hall–Kier alpha value is -2.72. The quantitative estimate of drug-likeness (QED) is 0.402. The SMILES string of the molecule is NC(=O)CCC(NC(=O)CCN1C(=O)/C(=C/c2ccccc2)SC1=S)C(=O)O. The molecule has 1 aliphatic rings. The van der Waals surface area contributed by atoms with Crippen molar-refractivity contribution in [1.29, 1.82) is 0 Å². The van der Waals surface area contributed by atoms with Gasteiger partial charge in [0.15, 0.2) is 0 Å². The number of nitrogens with two attached hydrogens (primary N) is 1. The molecule has 0 aromatic heterocycles. The predicted molar refractivity (Wildman–Crippen MR) is 109 cm³/mol. The fourth-order valence-electron chi connectivity index (χ4n) is 2.42. The van der Waals surface area contributed by atoms with E-state index in [4.69, 9.17) is 23.1 Å². The summed E-state index contributed by atoms with van der Waals surface area (Å²) in [5, 5.41) is 11.4. The van der Waals surface area contributed by atoms with Crippen LogP contribution >= 0.6 is 24.0 Å². The highest BCUT2D eigenvalue weighted by atomic mass is 32.2. The highest BCUT2D eigenvalue weighted by Gasteiger charge is 2.32. The van der Waals surface area contributed by atoms with Crippen LogP contribution in [-0.4, -0.2) is 50.6 Å². The van der Waals surface area contributed by atoms with E-state index in [1.54, 1.807) is 6.08 Å². The molecule has 1 fully saturated rings. The first-order valence-corrected chi connectivity index (χ1v) is 9.61. The summed E-state index contributed by atoms with van der Waals surface area (Å²) in [5.41, 5.74) is 5.86. The standard InChI is InChI=1S/C18H19N3O5S2/c19-14(22)7-6-12(17(25)26)20-15(23)8-9-21-16(24)13(28-18(21)27)10-11-4-2-1-3-5-11/h1-5,10,12H,6-9H2,(H2,19,22)(H,20,23)(H,25,26)/b13-10-. The molecule has 1 saturated heterocycles. The third kappa shape index (κ3) is 6.17. The average molecular weight is 422 g/mol. The van der Waals surface area contributed by atoms with E-state index in [9.17, 15) is 19.2 Å². The molecule has 0 spiro atoms. The Morgan fingerprint density at radius 2 is 1.93 bits per heavy atom. The monoisotopic (exact) mass is 421 g/mol. The molecule has 1 aliphatic heterocycles. The van der Waals surface area contributed by atoms with Crippen LogP contribution in [0.4, 0.5) is 0 Å². The number of rotatable bonds is 9. The lowest BCUT2D eigenvalue weighted by Crippen LogP contribution is -2.42. The van der Waals surface area contributed by atoms with Crippen molar-refractivity contribution in [2.45, 2.75) is 25.3 Å². The van der Waals surface area contributed by atoms with Crippen molar-refractivity contribution < 1.29 is 24.3 Å². The lowest BCUT2D eigenvalue weighted by molar-refractivity contribution is -0.142. The lowest BCUT2D eigenvalue weighted by atomic mass is 10.1. The molecular weight excluding hydrogens is 402 g/mol. The number of nitrogens with zero attached hydrogens (tertiary/aromatic N) is 1. The molecule has 0 bridgehead atoms. The van der Waals surface area contributed by atoms with E-state index in [0.29, 0.717) is 9.23 Å². The average Bonchev–Trinajstić information content (AvgIpc) is 2.90. The molecule has 10 heteroatoms. The number of benzene rings is 1. The number of carbonyl (C=O) groups is 4. The molecular formula is C18H19N3O5S2. The van der Waals surface area contributed by atoms with Crippen LogP contribution in [-0.2, 0) is 19.2 Å². The minimum atomic E-state index is -1.26. The Kier molecular flexibility index (Phi) is 7.70. The summed E-state index contributed by atoms with van der Waals surface area (Å²) in [6.45, 7) is 0.0325. The Bertz CT molecular complexity index is 826. The van der Waals surface area contributed by atoms with E-state index < -0.39 is 23.8 Å². The molecule has 3 amide bonds. The second kappa shape index (κ2) is 10.00. The molecule has 28 heavy (non-hydrogen) atoms. The van der Waals surface area contributed by atoms with Crippen LogP contribution in [0, 0.1) is 0 Å². The van der Waals surface area contributed by atoms with Gasteiger partial charge in [-0.3, -0.25) is 19.3 Å². The molecule has 2 rings (SSSR count). The zero-order chi connectivity index (χ0) is 20.7. The van der Waals surface area contributed by atoms with E-state index in [0.717, 1.165) is 17.3 Å². The topological polar surface area (TPSA) is 130 Å². The van der Waals surface area contributed by atoms with Crippen molar-refractivity contribution in [1.82, 2.24) is 10.2 Å². The maximum Gasteiger partial charge on any atom is 0.326 e. The highest BCUT2D eigenvalue weighted by Crippen LogP contribution is 2.32. The summed E-state index contributed by atoms with van der Waals surface area (Å²) in [7, 11) is 0. The van der Waals surface area contributed by atoms with Crippen molar-refractivity contribution in [2.24, 2.45) is 5.73 Å². The molecule has 0 aliphatic carbocycles. The van der Waals surface area contributed by atoms with Gasteiger partial charge in [0.1, 0.15) is 10.4 Å². The van der Waals surface area contributed by atoms with Gasteiger partial charge >= 0.3 is 5.97 Å². The molecule has 4 N–H and O–H groups in total. The van der Waals surface area contributed by atoms with E-state index in [2.05, 4.69) is 5.32 Å². The summed E-state index contributed by atoms with van der Waals surface area (Å²) in [6, 6.07) is 8.08. The Balaban J connectivity index is 1.92. The highest BCUT2D eigenvalue weighted by molar-refractivity contribution is 8.26. The van der Waals surface area contributed by atoms with Gasteiger partial charge in [-0.05, 0) is 18.1 Å². The normalized spacial score (nSPS) is 16.3. The zero-order valence-corrected chi connectivity index (χ0v) is 16.4. The van der Waals surface area contributed by atoms with Gasteiger partial charge in [-0.25, -0.2) is 4.79 Å². The molecule has 148 valence electrons. The van der Waals surface area contributed by atoms with Gasteiger partial charge < -0.3 is 16.2 Å². The smallest absolute Gasteiger partial charge is 0.326 e. The Morgan fingerprint density at radius 3 is 2.54 bits per heavy atom. The molecule has 1 aromatic rings. The number of thiocarbonyl (C=S) groups is 1. The maximum atomic E-state index is 12.5. The van der Waals surface area contributed by atoms with Crippen LogP contribution in [0.15, 0.2) is 35.2 Å². The first-order valence-electron chi connectivity index (χ1n) is 8.39. The maximum absolute atomic E-state index is 12.5. The zero-order valence-electron chi connectivity index (χ0n) is 14.8. The molecule has 1 aromatic carbocycles. The molecule has 1 atom stereocenters. The number of hydrogen-bond donors (Lipinski definition) is 3. The number of amides is 3. The van der Waals surface area contributed by atoms with Crippen LogP contribution in [0.1, 0.15) is 24.8 Å². The van der Waals surface area contributed by atoms with Crippen molar-refractivity contribution in [3.05, 3.63) is 40.8 Å². The van der Waals surface area contributed by atoms with E-state index in [1.165, 1.54) is 4.90 Å². The number of primary amides is 1. The first-order chi connectivity index (χ1) is 13.3. The van der Waals surface area contributed by atoms with Crippen LogP contribution in [0.3, 0.4) is 0 Å². The number of carboxylic acid groups (broad SMARTS) is 1. The molecule has 8 nitrogen and oxygen atoms in total. The number of nitrogens with one attached hydrogen (secondary N) is 1. The summed E-state index contributed by atoms with van der Waals surface area (Å²) < 4.78 is 0.337.